The highest BCUT2D eigenvalue weighted by molar-refractivity contribution is 7.89. The highest BCUT2D eigenvalue weighted by Crippen LogP contribution is 2.09. The summed E-state index contributed by atoms with van der Waals surface area (Å²) in [5, 5.41) is 3.28. The molecule has 0 aliphatic carbocycles. The Labute approximate surface area is 118 Å². The van der Waals surface area contributed by atoms with Gasteiger partial charge in [0.15, 0.2) is 0 Å². The normalized spacial score (nSPS) is 22.6. The summed E-state index contributed by atoms with van der Waals surface area (Å²) in [5.41, 5.74) is 0. The smallest absolute Gasteiger partial charge is 0.213 e. The molecule has 1 rings (SSSR count). The van der Waals surface area contributed by atoms with E-state index in [9.17, 15) is 8.42 Å². The second-order valence-corrected chi connectivity index (χ2v) is 7.23. The average Bonchev–Trinajstić information content (AvgIpc) is 2.35. The van der Waals surface area contributed by atoms with Crippen LogP contribution in [0.4, 0.5) is 0 Å². The zero-order chi connectivity index (χ0) is 14.3. The van der Waals surface area contributed by atoms with Crippen molar-refractivity contribution in [3.8, 4) is 0 Å². The number of rotatable bonds is 8. The minimum Gasteiger partial charge on any atom is -0.313 e. The van der Waals surface area contributed by atoms with Crippen molar-refractivity contribution >= 4 is 10.0 Å². The molecule has 1 fully saturated rings. The molecule has 0 spiro atoms. The number of hydrogen-bond acceptors (Lipinski definition) is 4. The Morgan fingerprint density at radius 2 is 2.00 bits per heavy atom. The predicted octanol–water partition coefficient (Wildman–Crippen LogP) is 0.778. The largest absolute Gasteiger partial charge is 0.313 e. The Morgan fingerprint density at radius 3 is 2.53 bits per heavy atom. The van der Waals surface area contributed by atoms with Gasteiger partial charge in [0.2, 0.25) is 10.0 Å². The van der Waals surface area contributed by atoms with E-state index in [1.807, 2.05) is 6.92 Å². The van der Waals surface area contributed by atoms with Crippen LogP contribution in [0.15, 0.2) is 0 Å². The molecule has 19 heavy (non-hydrogen) atoms. The SMILES string of the molecule is CCN(CC)CC(C)NS(=O)(=O)CC1CCCCN1. The van der Waals surface area contributed by atoms with E-state index < -0.39 is 10.0 Å². The maximum absolute atomic E-state index is 12.1. The van der Waals surface area contributed by atoms with Gasteiger partial charge in [-0.2, -0.15) is 0 Å². The first kappa shape index (κ1) is 16.9. The van der Waals surface area contributed by atoms with E-state index in [4.69, 9.17) is 0 Å². The van der Waals surface area contributed by atoms with E-state index >= 15 is 0 Å². The van der Waals surface area contributed by atoms with Crippen LogP contribution in [0.1, 0.15) is 40.0 Å². The maximum atomic E-state index is 12.1. The topological polar surface area (TPSA) is 61.4 Å². The third kappa shape index (κ3) is 6.70. The maximum Gasteiger partial charge on any atom is 0.213 e. The van der Waals surface area contributed by atoms with E-state index in [1.165, 1.54) is 0 Å². The van der Waals surface area contributed by atoms with Crippen molar-refractivity contribution in [3.63, 3.8) is 0 Å². The van der Waals surface area contributed by atoms with E-state index in [1.54, 1.807) is 0 Å². The predicted molar refractivity (Wildman–Crippen MR) is 79.8 cm³/mol. The third-order valence-corrected chi connectivity index (χ3v) is 5.24. The Bertz CT molecular complexity index is 336. The number of hydrogen-bond donors (Lipinski definition) is 2. The van der Waals surface area contributed by atoms with Gasteiger partial charge in [-0.3, -0.25) is 0 Å². The summed E-state index contributed by atoms with van der Waals surface area (Å²) < 4.78 is 27.0. The fraction of sp³-hybridized carbons (Fsp3) is 1.00. The van der Waals surface area contributed by atoms with Crippen LogP contribution in [0.3, 0.4) is 0 Å². The summed E-state index contributed by atoms with van der Waals surface area (Å²) in [6.45, 7) is 9.73. The third-order valence-electron chi connectivity index (χ3n) is 3.64. The summed E-state index contributed by atoms with van der Waals surface area (Å²) in [6, 6.07) is 0.0837. The molecule has 6 heteroatoms. The first-order valence-electron chi connectivity index (χ1n) is 7.42. The van der Waals surface area contributed by atoms with Crippen molar-refractivity contribution in [3.05, 3.63) is 0 Å². The molecule has 0 aromatic rings. The molecule has 1 heterocycles. The van der Waals surface area contributed by atoms with E-state index in [2.05, 4.69) is 28.8 Å². The molecule has 5 nitrogen and oxygen atoms in total. The van der Waals surface area contributed by atoms with Crippen LogP contribution in [-0.2, 0) is 10.0 Å². The number of likely N-dealkylation sites (N-methyl/N-ethyl adjacent to an activating group) is 1. The lowest BCUT2D eigenvalue weighted by Gasteiger charge is -2.26. The molecule has 1 saturated heterocycles. The lowest BCUT2D eigenvalue weighted by molar-refractivity contribution is 0.282. The Balaban J connectivity index is 2.39. The Hall–Kier alpha value is -0.170. The number of piperidine rings is 1. The zero-order valence-electron chi connectivity index (χ0n) is 12.5. The second-order valence-electron chi connectivity index (χ2n) is 5.43. The fourth-order valence-corrected chi connectivity index (χ4v) is 4.19. The minimum atomic E-state index is -3.18. The number of nitrogens with one attached hydrogen (secondary N) is 2. The lowest BCUT2D eigenvalue weighted by Crippen LogP contribution is -2.47. The van der Waals surface area contributed by atoms with Crippen LogP contribution in [0.5, 0.6) is 0 Å². The second kappa shape index (κ2) is 8.19. The van der Waals surface area contributed by atoms with Gasteiger partial charge in [-0.05, 0) is 39.4 Å². The molecule has 0 amide bonds. The molecule has 2 atom stereocenters. The number of sulfonamides is 1. The van der Waals surface area contributed by atoms with Crippen LogP contribution >= 0.6 is 0 Å². The minimum absolute atomic E-state index is 0.0338. The number of nitrogens with zero attached hydrogens (tertiary/aromatic N) is 1. The molecule has 0 radical (unpaired) electrons. The van der Waals surface area contributed by atoms with Gasteiger partial charge in [-0.25, -0.2) is 13.1 Å². The van der Waals surface area contributed by atoms with Crippen LogP contribution in [-0.4, -0.2) is 57.3 Å². The standard InChI is InChI=1S/C13H29N3O2S/c1-4-16(5-2)10-12(3)15-19(17,18)11-13-8-6-7-9-14-13/h12-15H,4-11H2,1-3H3. The summed E-state index contributed by atoms with van der Waals surface area (Å²) >= 11 is 0. The van der Waals surface area contributed by atoms with Crippen molar-refractivity contribution in [2.75, 3.05) is 31.9 Å². The van der Waals surface area contributed by atoms with Crippen LogP contribution in [0.25, 0.3) is 0 Å². The van der Waals surface area contributed by atoms with Crippen molar-refractivity contribution < 1.29 is 8.42 Å². The quantitative estimate of drug-likeness (QED) is 0.694. The lowest BCUT2D eigenvalue weighted by atomic mass is 10.1. The van der Waals surface area contributed by atoms with Crippen LogP contribution in [0.2, 0.25) is 0 Å². The molecule has 0 aromatic heterocycles. The first-order chi connectivity index (χ1) is 8.96. The van der Waals surface area contributed by atoms with Gasteiger partial charge in [-0.15, -0.1) is 0 Å². The summed E-state index contributed by atoms with van der Waals surface area (Å²) in [5.74, 6) is 0.204. The van der Waals surface area contributed by atoms with E-state index in [-0.39, 0.29) is 17.8 Å². The Morgan fingerprint density at radius 1 is 1.32 bits per heavy atom. The van der Waals surface area contributed by atoms with Crippen LogP contribution in [0, 0.1) is 0 Å². The molecular weight excluding hydrogens is 262 g/mol. The van der Waals surface area contributed by atoms with Gasteiger partial charge in [0.25, 0.3) is 0 Å². The molecule has 1 aliphatic rings. The molecule has 2 N–H and O–H groups in total. The molecule has 1 aliphatic heterocycles. The molecule has 0 saturated carbocycles. The van der Waals surface area contributed by atoms with E-state index in [0.29, 0.717) is 0 Å². The van der Waals surface area contributed by atoms with Crippen molar-refractivity contribution in [2.24, 2.45) is 0 Å². The molecular formula is C13H29N3O2S. The van der Waals surface area contributed by atoms with E-state index in [0.717, 1.165) is 45.4 Å². The summed E-state index contributed by atoms with van der Waals surface area (Å²) in [6.07, 6.45) is 3.25. The van der Waals surface area contributed by atoms with Crippen molar-refractivity contribution in [1.82, 2.24) is 14.9 Å². The summed E-state index contributed by atoms with van der Waals surface area (Å²) in [7, 11) is -3.18. The highest BCUT2D eigenvalue weighted by atomic mass is 32.2. The van der Waals surface area contributed by atoms with Gasteiger partial charge < -0.3 is 10.2 Å². The molecule has 114 valence electrons. The van der Waals surface area contributed by atoms with Gasteiger partial charge in [-0.1, -0.05) is 20.3 Å². The van der Waals surface area contributed by atoms with Crippen LogP contribution < -0.4 is 10.0 Å². The summed E-state index contributed by atoms with van der Waals surface area (Å²) in [4.78, 5) is 2.23. The molecule has 2 unspecified atom stereocenters. The van der Waals surface area contributed by atoms with Gasteiger partial charge in [0.1, 0.15) is 0 Å². The van der Waals surface area contributed by atoms with Gasteiger partial charge >= 0.3 is 0 Å². The molecule has 0 bridgehead atoms. The first-order valence-corrected chi connectivity index (χ1v) is 9.07. The van der Waals surface area contributed by atoms with Gasteiger partial charge in [0, 0.05) is 18.6 Å². The fourth-order valence-electron chi connectivity index (χ4n) is 2.59. The van der Waals surface area contributed by atoms with Crippen molar-refractivity contribution in [1.29, 1.82) is 0 Å². The van der Waals surface area contributed by atoms with Crippen molar-refractivity contribution in [2.45, 2.75) is 52.1 Å². The average molecular weight is 291 g/mol. The monoisotopic (exact) mass is 291 g/mol. The zero-order valence-corrected chi connectivity index (χ0v) is 13.3. The highest BCUT2D eigenvalue weighted by Gasteiger charge is 2.22. The Kier molecular flexibility index (Phi) is 7.28. The molecule has 0 aromatic carbocycles. The van der Waals surface area contributed by atoms with Gasteiger partial charge in [0.05, 0.1) is 5.75 Å².